The second-order valence-electron chi connectivity index (χ2n) is 6.88. The van der Waals surface area contributed by atoms with Gasteiger partial charge in [0.2, 0.25) is 0 Å². The molecular formula is C22H16BrClN2O3. The summed E-state index contributed by atoms with van der Waals surface area (Å²) in [6.07, 6.45) is 2.63. The number of halogens is 2. The third kappa shape index (κ3) is 3.71. The number of ketones is 1. The van der Waals surface area contributed by atoms with Crippen molar-refractivity contribution in [3.8, 4) is 0 Å². The molecule has 1 N–H and O–H groups in total. The highest BCUT2D eigenvalue weighted by Gasteiger charge is 2.51. The van der Waals surface area contributed by atoms with Gasteiger partial charge in [-0.15, -0.1) is 0 Å². The highest BCUT2D eigenvalue weighted by atomic mass is 79.9. The second kappa shape index (κ2) is 7.71. The standard InChI is InChI=1S/C22H16BrClN2O3/c23-16-5-8-19-18(10-16)22(29,11-20(27)15-2-1-9-25-12-15)21(28)26(19)13-14-3-6-17(24)7-4-14/h1-10,12,29H,11,13H2. The molecule has 1 aliphatic heterocycles. The summed E-state index contributed by atoms with van der Waals surface area (Å²) in [5.41, 5.74) is 0.247. The van der Waals surface area contributed by atoms with Gasteiger partial charge in [-0.05, 0) is 48.0 Å². The van der Waals surface area contributed by atoms with Crippen molar-refractivity contribution >= 4 is 44.9 Å². The minimum atomic E-state index is -1.95. The Kier molecular flexibility index (Phi) is 5.25. The van der Waals surface area contributed by atoms with E-state index in [1.807, 2.05) is 12.1 Å². The molecule has 0 bridgehead atoms. The highest BCUT2D eigenvalue weighted by Crippen LogP contribution is 2.44. The van der Waals surface area contributed by atoms with Gasteiger partial charge in [-0.3, -0.25) is 14.6 Å². The maximum Gasteiger partial charge on any atom is 0.264 e. The number of fused-ring (bicyclic) bond motifs is 1. The van der Waals surface area contributed by atoms with Crippen LogP contribution in [0, 0.1) is 0 Å². The molecule has 1 unspecified atom stereocenters. The van der Waals surface area contributed by atoms with E-state index in [4.69, 9.17) is 11.6 Å². The summed E-state index contributed by atoms with van der Waals surface area (Å²) in [5.74, 6) is -0.883. The molecular weight excluding hydrogens is 456 g/mol. The predicted octanol–water partition coefficient (Wildman–Crippen LogP) is 4.50. The van der Waals surface area contributed by atoms with Gasteiger partial charge in [0.05, 0.1) is 18.7 Å². The van der Waals surface area contributed by atoms with Crippen LogP contribution in [0.15, 0.2) is 71.5 Å². The van der Waals surface area contributed by atoms with E-state index in [1.54, 1.807) is 48.7 Å². The van der Waals surface area contributed by atoms with Gasteiger partial charge in [0.25, 0.3) is 5.91 Å². The van der Waals surface area contributed by atoms with Crippen LogP contribution in [0.4, 0.5) is 5.69 Å². The molecule has 0 radical (unpaired) electrons. The van der Waals surface area contributed by atoms with E-state index in [0.29, 0.717) is 26.3 Å². The SMILES string of the molecule is O=C(CC1(O)C(=O)N(Cc2ccc(Cl)cc2)c2ccc(Br)cc21)c1cccnc1. The molecule has 29 heavy (non-hydrogen) atoms. The molecule has 2 aromatic carbocycles. The van der Waals surface area contributed by atoms with Crippen molar-refractivity contribution in [2.75, 3.05) is 4.90 Å². The largest absolute Gasteiger partial charge is 0.375 e. The zero-order valence-electron chi connectivity index (χ0n) is 15.2. The number of rotatable bonds is 5. The summed E-state index contributed by atoms with van der Waals surface area (Å²) in [5, 5.41) is 12.0. The number of hydrogen-bond donors (Lipinski definition) is 1. The smallest absolute Gasteiger partial charge is 0.264 e. The third-order valence-corrected chi connectivity index (χ3v) is 5.69. The number of Topliss-reactive ketones (excluding diaryl/α,β-unsaturated/α-hetero) is 1. The molecule has 4 rings (SSSR count). The number of hydrogen-bond acceptors (Lipinski definition) is 4. The average molecular weight is 472 g/mol. The fourth-order valence-electron chi connectivity index (χ4n) is 3.49. The molecule has 0 spiro atoms. The number of aliphatic hydroxyl groups is 1. The molecule has 3 aromatic rings. The molecule has 0 saturated carbocycles. The molecule has 1 amide bonds. The van der Waals surface area contributed by atoms with Crippen LogP contribution in [0.3, 0.4) is 0 Å². The van der Waals surface area contributed by atoms with Gasteiger partial charge in [0.15, 0.2) is 11.4 Å². The Hall–Kier alpha value is -2.54. The molecule has 0 saturated heterocycles. The van der Waals surface area contributed by atoms with Crippen LogP contribution in [0.2, 0.25) is 5.02 Å². The molecule has 1 aromatic heterocycles. The van der Waals surface area contributed by atoms with E-state index in [2.05, 4.69) is 20.9 Å². The number of carbonyl (C=O) groups is 2. The Morgan fingerprint density at radius 2 is 1.93 bits per heavy atom. The first kappa shape index (κ1) is 19.8. The van der Waals surface area contributed by atoms with Crippen LogP contribution in [-0.4, -0.2) is 21.8 Å². The van der Waals surface area contributed by atoms with Crippen LogP contribution in [0.25, 0.3) is 0 Å². The molecule has 0 aliphatic carbocycles. The molecule has 1 aliphatic rings. The van der Waals surface area contributed by atoms with Crippen LogP contribution in [0.5, 0.6) is 0 Å². The van der Waals surface area contributed by atoms with Crippen molar-refractivity contribution in [3.63, 3.8) is 0 Å². The van der Waals surface area contributed by atoms with Gasteiger partial charge in [-0.2, -0.15) is 0 Å². The summed E-state index contributed by atoms with van der Waals surface area (Å²) < 4.78 is 0.713. The van der Waals surface area contributed by atoms with Crippen molar-refractivity contribution in [3.05, 3.63) is 93.2 Å². The van der Waals surface area contributed by atoms with Crippen molar-refractivity contribution in [2.45, 2.75) is 18.6 Å². The number of anilines is 1. The van der Waals surface area contributed by atoms with E-state index in [-0.39, 0.29) is 18.7 Å². The molecule has 2 heterocycles. The number of carbonyl (C=O) groups excluding carboxylic acids is 2. The Bertz CT molecular complexity index is 1090. The highest BCUT2D eigenvalue weighted by molar-refractivity contribution is 9.10. The lowest BCUT2D eigenvalue weighted by Gasteiger charge is -2.23. The van der Waals surface area contributed by atoms with E-state index in [9.17, 15) is 14.7 Å². The number of amides is 1. The fraction of sp³-hybridized carbons (Fsp3) is 0.136. The first-order chi connectivity index (χ1) is 13.9. The molecule has 5 nitrogen and oxygen atoms in total. The van der Waals surface area contributed by atoms with Crippen molar-refractivity contribution in [2.24, 2.45) is 0 Å². The van der Waals surface area contributed by atoms with E-state index in [1.165, 1.54) is 11.1 Å². The Morgan fingerprint density at radius 3 is 2.62 bits per heavy atom. The van der Waals surface area contributed by atoms with Gasteiger partial charge < -0.3 is 10.0 Å². The normalized spacial score (nSPS) is 18.0. The Morgan fingerprint density at radius 1 is 1.17 bits per heavy atom. The average Bonchev–Trinajstić information content (AvgIpc) is 2.92. The van der Waals surface area contributed by atoms with Gasteiger partial charge in [0, 0.05) is 33.0 Å². The summed E-state index contributed by atoms with van der Waals surface area (Å²) in [4.78, 5) is 31.5. The number of aromatic nitrogens is 1. The first-order valence-electron chi connectivity index (χ1n) is 8.90. The summed E-state index contributed by atoms with van der Waals surface area (Å²) in [7, 11) is 0. The quantitative estimate of drug-likeness (QED) is 0.556. The van der Waals surface area contributed by atoms with Gasteiger partial charge in [-0.1, -0.05) is 39.7 Å². The fourth-order valence-corrected chi connectivity index (χ4v) is 3.97. The lowest BCUT2D eigenvalue weighted by atomic mass is 9.88. The van der Waals surface area contributed by atoms with Crippen molar-refractivity contribution in [1.82, 2.24) is 4.98 Å². The molecule has 7 heteroatoms. The second-order valence-corrected chi connectivity index (χ2v) is 8.23. The number of benzene rings is 2. The van der Waals surface area contributed by atoms with Crippen molar-refractivity contribution < 1.29 is 14.7 Å². The maximum absolute atomic E-state index is 13.3. The zero-order chi connectivity index (χ0) is 20.6. The van der Waals surface area contributed by atoms with Gasteiger partial charge in [-0.25, -0.2) is 0 Å². The summed E-state index contributed by atoms with van der Waals surface area (Å²) in [6, 6.07) is 15.7. The van der Waals surface area contributed by atoms with Crippen LogP contribution >= 0.6 is 27.5 Å². The zero-order valence-corrected chi connectivity index (χ0v) is 17.5. The van der Waals surface area contributed by atoms with E-state index < -0.39 is 11.5 Å². The number of pyridine rings is 1. The lowest BCUT2D eigenvalue weighted by Crippen LogP contribution is -2.41. The first-order valence-corrected chi connectivity index (χ1v) is 10.1. The number of nitrogens with zero attached hydrogens (tertiary/aromatic N) is 2. The van der Waals surface area contributed by atoms with Crippen LogP contribution in [0.1, 0.15) is 27.9 Å². The lowest BCUT2D eigenvalue weighted by molar-refractivity contribution is -0.136. The van der Waals surface area contributed by atoms with Crippen LogP contribution < -0.4 is 4.90 Å². The van der Waals surface area contributed by atoms with Gasteiger partial charge in [0.1, 0.15) is 0 Å². The summed E-state index contributed by atoms with van der Waals surface area (Å²) in [6.45, 7) is 0.258. The van der Waals surface area contributed by atoms with Gasteiger partial charge >= 0.3 is 0 Å². The minimum absolute atomic E-state index is 0.258. The predicted molar refractivity (Wildman–Crippen MR) is 114 cm³/mol. The van der Waals surface area contributed by atoms with Crippen LogP contribution in [-0.2, 0) is 16.9 Å². The Balaban J connectivity index is 1.71. The molecule has 146 valence electrons. The molecule has 0 fully saturated rings. The summed E-state index contributed by atoms with van der Waals surface area (Å²) >= 11 is 9.34. The molecule has 1 atom stereocenters. The third-order valence-electron chi connectivity index (χ3n) is 4.95. The maximum atomic E-state index is 13.3. The topological polar surface area (TPSA) is 70.5 Å². The Labute approximate surface area is 181 Å². The monoisotopic (exact) mass is 470 g/mol. The van der Waals surface area contributed by atoms with E-state index >= 15 is 0 Å². The van der Waals surface area contributed by atoms with Crippen molar-refractivity contribution in [1.29, 1.82) is 0 Å². The minimum Gasteiger partial charge on any atom is -0.375 e. The van der Waals surface area contributed by atoms with E-state index in [0.717, 1.165) is 5.56 Å².